The lowest BCUT2D eigenvalue weighted by Gasteiger charge is -2.08. The molecule has 3 nitrogen and oxygen atoms in total. The molecule has 0 bridgehead atoms. The van der Waals surface area contributed by atoms with E-state index in [1.807, 2.05) is 67.6 Å². The summed E-state index contributed by atoms with van der Waals surface area (Å²) in [6.45, 7) is 2.01. The summed E-state index contributed by atoms with van der Waals surface area (Å²) in [4.78, 5) is 12.3. The van der Waals surface area contributed by atoms with Gasteiger partial charge in [0.2, 0.25) is 0 Å². The van der Waals surface area contributed by atoms with Gasteiger partial charge in [0.15, 0.2) is 5.78 Å². The van der Waals surface area contributed by atoms with Crippen LogP contribution in [0.3, 0.4) is 0 Å². The Morgan fingerprint density at radius 3 is 2.31 bits per heavy atom. The van der Waals surface area contributed by atoms with Crippen molar-refractivity contribution in [2.45, 2.75) is 6.92 Å². The summed E-state index contributed by atoms with van der Waals surface area (Å²) in [7, 11) is 1.62. The number of nitrogens with one attached hydrogen (secondary N) is 1. The predicted molar refractivity (Wildman–Crippen MR) is 107 cm³/mol. The number of aryl methyl sites for hydroxylation is 1. The number of hydrogen-bond acceptors (Lipinski definition) is 3. The minimum atomic E-state index is -0.0521. The fourth-order valence-corrected chi connectivity index (χ4v) is 2.70. The molecule has 0 aliphatic heterocycles. The molecule has 3 aromatic carbocycles. The van der Waals surface area contributed by atoms with Crippen LogP contribution in [-0.2, 0) is 0 Å². The molecule has 0 atom stereocenters. The average Bonchev–Trinajstić information content (AvgIpc) is 2.69. The number of anilines is 1. The number of allylic oxidation sites excluding steroid dienone is 1. The van der Waals surface area contributed by atoms with Crippen LogP contribution in [0.1, 0.15) is 15.9 Å². The maximum absolute atomic E-state index is 12.3. The summed E-state index contributed by atoms with van der Waals surface area (Å²) in [6, 6.07) is 23.6. The Kier molecular flexibility index (Phi) is 5.49. The minimum absolute atomic E-state index is 0.0521. The van der Waals surface area contributed by atoms with Gasteiger partial charge in [-0.25, -0.2) is 0 Å². The van der Waals surface area contributed by atoms with E-state index >= 15 is 0 Å². The predicted octanol–water partition coefficient (Wildman–Crippen LogP) is 5.48. The lowest BCUT2D eigenvalue weighted by Crippen LogP contribution is -1.98. The van der Waals surface area contributed by atoms with Crippen LogP contribution in [0.2, 0.25) is 0 Å². The third-order valence-corrected chi connectivity index (χ3v) is 4.11. The second kappa shape index (κ2) is 8.17. The molecular weight excluding hydrogens is 322 g/mol. The summed E-state index contributed by atoms with van der Waals surface area (Å²) in [5.74, 6) is 0.684. The quantitative estimate of drug-likeness (QED) is 0.476. The summed E-state index contributed by atoms with van der Waals surface area (Å²) in [6.07, 6.45) is 3.17. The van der Waals surface area contributed by atoms with Gasteiger partial charge in [-0.2, -0.15) is 0 Å². The van der Waals surface area contributed by atoms with Crippen molar-refractivity contribution in [1.82, 2.24) is 0 Å². The highest BCUT2D eigenvalue weighted by atomic mass is 16.5. The summed E-state index contributed by atoms with van der Waals surface area (Å²) in [5, 5.41) is 3.12. The van der Waals surface area contributed by atoms with Gasteiger partial charge in [0, 0.05) is 17.8 Å². The van der Waals surface area contributed by atoms with Crippen LogP contribution in [0.15, 0.2) is 85.1 Å². The Morgan fingerprint density at radius 2 is 1.62 bits per heavy atom. The Bertz CT molecular complexity index is 913. The van der Waals surface area contributed by atoms with E-state index in [0.717, 1.165) is 28.1 Å². The summed E-state index contributed by atoms with van der Waals surface area (Å²) >= 11 is 0. The van der Waals surface area contributed by atoms with E-state index in [2.05, 4.69) is 17.4 Å². The molecule has 0 aromatic heterocycles. The van der Waals surface area contributed by atoms with E-state index in [9.17, 15) is 4.79 Å². The Balaban J connectivity index is 1.68. The lowest BCUT2D eigenvalue weighted by molar-refractivity contribution is 0.104. The van der Waals surface area contributed by atoms with Crippen molar-refractivity contribution in [2.75, 3.05) is 12.4 Å². The maximum Gasteiger partial charge on any atom is 0.187 e. The minimum Gasteiger partial charge on any atom is -0.495 e. The van der Waals surface area contributed by atoms with Crippen molar-refractivity contribution in [3.8, 4) is 16.9 Å². The van der Waals surface area contributed by atoms with E-state index in [-0.39, 0.29) is 5.78 Å². The van der Waals surface area contributed by atoms with Gasteiger partial charge in [-0.15, -0.1) is 0 Å². The number of ether oxygens (including phenoxy) is 1. The van der Waals surface area contributed by atoms with Gasteiger partial charge in [-0.05, 0) is 35.7 Å². The highest BCUT2D eigenvalue weighted by Crippen LogP contribution is 2.25. The van der Waals surface area contributed by atoms with Crippen molar-refractivity contribution < 1.29 is 9.53 Å². The molecule has 1 N–H and O–H groups in total. The van der Waals surface area contributed by atoms with E-state index in [4.69, 9.17) is 4.74 Å². The fourth-order valence-electron chi connectivity index (χ4n) is 2.70. The van der Waals surface area contributed by atoms with E-state index < -0.39 is 0 Å². The zero-order chi connectivity index (χ0) is 18.4. The molecule has 3 heteroatoms. The SMILES string of the molecule is COc1ccc(C)cc1NC=CC(=O)c1ccc(-c2ccccc2)cc1. The zero-order valence-corrected chi connectivity index (χ0v) is 14.9. The van der Waals surface area contributed by atoms with Crippen LogP contribution in [0.4, 0.5) is 5.69 Å². The smallest absolute Gasteiger partial charge is 0.187 e. The van der Waals surface area contributed by atoms with E-state index in [1.54, 1.807) is 13.3 Å². The van der Waals surface area contributed by atoms with E-state index in [1.165, 1.54) is 6.08 Å². The van der Waals surface area contributed by atoms with Gasteiger partial charge in [0.25, 0.3) is 0 Å². The van der Waals surface area contributed by atoms with Crippen LogP contribution in [0, 0.1) is 6.92 Å². The Morgan fingerprint density at radius 1 is 0.923 bits per heavy atom. The molecule has 0 amide bonds. The third-order valence-electron chi connectivity index (χ3n) is 4.11. The second-order valence-corrected chi connectivity index (χ2v) is 5.99. The molecule has 3 aromatic rings. The van der Waals surface area contributed by atoms with Crippen molar-refractivity contribution in [2.24, 2.45) is 0 Å². The molecule has 0 unspecified atom stereocenters. The number of carbonyl (C=O) groups is 1. The molecule has 130 valence electrons. The van der Waals surface area contributed by atoms with Crippen LogP contribution < -0.4 is 10.1 Å². The molecule has 0 spiro atoms. The van der Waals surface area contributed by atoms with E-state index in [0.29, 0.717) is 5.56 Å². The maximum atomic E-state index is 12.3. The second-order valence-electron chi connectivity index (χ2n) is 5.99. The molecular formula is C23H21NO2. The standard InChI is InChI=1S/C23H21NO2/c1-17-8-13-23(26-2)21(16-17)24-15-14-22(25)20-11-9-19(10-12-20)18-6-4-3-5-7-18/h3-16,24H,1-2H3. The van der Waals surface area contributed by atoms with Crippen LogP contribution in [0.5, 0.6) is 5.75 Å². The number of methoxy groups -OCH3 is 1. The molecule has 0 saturated heterocycles. The van der Waals surface area contributed by atoms with Gasteiger partial charge in [0.1, 0.15) is 5.75 Å². The topological polar surface area (TPSA) is 38.3 Å². The molecule has 3 rings (SSSR count). The molecule has 0 radical (unpaired) electrons. The normalized spacial score (nSPS) is 10.7. The first-order valence-electron chi connectivity index (χ1n) is 8.45. The number of hydrogen-bond donors (Lipinski definition) is 1. The third kappa shape index (κ3) is 4.19. The van der Waals surface area contributed by atoms with Crippen molar-refractivity contribution in [3.63, 3.8) is 0 Å². The summed E-state index contributed by atoms with van der Waals surface area (Å²) < 4.78 is 5.32. The first kappa shape index (κ1) is 17.5. The van der Waals surface area contributed by atoms with Gasteiger partial charge >= 0.3 is 0 Å². The Labute approximate surface area is 154 Å². The van der Waals surface area contributed by atoms with Crippen LogP contribution in [-0.4, -0.2) is 12.9 Å². The summed E-state index contributed by atoms with van der Waals surface area (Å²) in [5.41, 5.74) is 4.82. The largest absolute Gasteiger partial charge is 0.495 e. The molecule has 0 aliphatic rings. The first-order valence-corrected chi connectivity index (χ1v) is 8.45. The Hall–Kier alpha value is -3.33. The first-order chi connectivity index (χ1) is 12.7. The molecule has 0 saturated carbocycles. The monoisotopic (exact) mass is 343 g/mol. The highest BCUT2D eigenvalue weighted by molar-refractivity contribution is 6.04. The molecule has 0 heterocycles. The molecule has 0 fully saturated rings. The van der Waals surface area contributed by atoms with Gasteiger partial charge in [0.05, 0.1) is 12.8 Å². The molecule has 0 aliphatic carbocycles. The van der Waals surface area contributed by atoms with Gasteiger partial charge in [-0.3, -0.25) is 4.79 Å². The zero-order valence-electron chi connectivity index (χ0n) is 14.9. The van der Waals surface area contributed by atoms with Crippen LogP contribution >= 0.6 is 0 Å². The number of carbonyl (C=O) groups excluding carboxylic acids is 1. The highest BCUT2D eigenvalue weighted by Gasteiger charge is 2.04. The average molecular weight is 343 g/mol. The number of rotatable bonds is 6. The van der Waals surface area contributed by atoms with Crippen molar-refractivity contribution >= 4 is 11.5 Å². The van der Waals surface area contributed by atoms with Crippen molar-refractivity contribution in [3.05, 3.63) is 96.2 Å². The molecule has 26 heavy (non-hydrogen) atoms. The lowest BCUT2D eigenvalue weighted by atomic mass is 10.0. The van der Waals surface area contributed by atoms with Crippen LogP contribution in [0.25, 0.3) is 11.1 Å². The van der Waals surface area contributed by atoms with Crippen molar-refractivity contribution in [1.29, 1.82) is 0 Å². The number of ketones is 1. The fraction of sp³-hybridized carbons (Fsp3) is 0.0870. The number of benzene rings is 3. The van der Waals surface area contributed by atoms with Gasteiger partial charge < -0.3 is 10.1 Å². The van der Waals surface area contributed by atoms with Gasteiger partial charge in [-0.1, -0.05) is 60.7 Å².